The Morgan fingerprint density at radius 3 is 1.27 bits per heavy atom. The molecule has 0 aromatic heterocycles. The summed E-state index contributed by atoms with van der Waals surface area (Å²) in [5.74, 6) is 0.0941. The van der Waals surface area contributed by atoms with Gasteiger partial charge < -0.3 is 22.9 Å². The highest BCUT2D eigenvalue weighted by atomic mass is 32.3. The first-order valence-electron chi connectivity index (χ1n) is 3.43. The van der Waals surface area contributed by atoms with E-state index >= 15 is 0 Å². The van der Waals surface area contributed by atoms with Gasteiger partial charge in [0.2, 0.25) is 0 Å². The van der Waals surface area contributed by atoms with Crippen LogP contribution >= 0.6 is 0 Å². The fraction of sp³-hybridized carbons (Fsp3) is 0.500. The molecule has 0 saturated carbocycles. The van der Waals surface area contributed by atoms with Crippen molar-refractivity contribution in [3.05, 3.63) is 0 Å². The molecule has 0 bridgehead atoms. The zero-order valence-electron chi connectivity index (χ0n) is 7.74. The standard InChI is InChI=1S/C4H12N6.H2O4S/c5-3(6)9-1-2-10-4(7)8;1-5(2,3)4/h1-2H2,(H4,5,6,9)(H4,7,8,10);(H2,1,2,3,4). The molecule has 0 atom stereocenters. The third kappa shape index (κ3) is 45.9. The fourth-order valence-corrected chi connectivity index (χ4v) is 0.358. The van der Waals surface area contributed by atoms with Gasteiger partial charge in [-0.2, -0.15) is 8.42 Å². The Labute approximate surface area is 86.6 Å². The van der Waals surface area contributed by atoms with Gasteiger partial charge in [-0.05, 0) is 0 Å². The van der Waals surface area contributed by atoms with Crippen LogP contribution in [-0.4, -0.2) is 42.5 Å². The number of rotatable bonds is 3. The van der Waals surface area contributed by atoms with Gasteiger partial charge in [-0.15, -0.1) is 0 Å². The van der Waals surface area contributed by atoms with E-state index in [0.29, 0.717) is 13.1 Å². The minimum absolute atomic E-state index is 0.0470. The van der Waals surface area contributed by atoms with Crippen LogP contribution in [0.1, 0.15) is 0 Å². The molecule has 15 heavy (non-hydrogen) atoms. The van der Waals surface area contributed by atoms with E-state index in [0.717, 1.165) is 0 Å². The minimum atomic E-state index is -4.67. The van der Waals surface area contributed by atoms with Crippen LogP contribution in [0.5, 0.6) is 0 Å². The monoisotopic (exact) mass is 242 g/mol. The highest BCUT2D eigenvalue weighted by molar-refractivity contribution is 7.79. The van der Waals surface area contributed by atoms with E-state index in [1.54, 1.807) is 0 Å². The Hall–Kier alpha value is -1.59. The van der Waals surface area contributed by atoms with E-state index in [2.05, 4.69) is 9.98 Å². The summed E-state index contributed by atoms with van der Waals surface area (Å²) in [5.41, 5.74) is 20.1. The third-order valence-corrected chi connectivity index (χ3v) is 0.689. The number of hydrogen-bond acceptors (Lipinski definition) is 4. The van der Waals surface area contributed by atoms with Gasteiger partial charge >= 0.3 is 10.4 Å². The van der Waals surface area contributed by atoms with Crippen LogP contribution in [0.25, 0.3) is 0 Å². The molecule has 0 unspecified atom stereocenters. The maximum atomic E-state index is 8.74. The molecule has 0 heterocycles. The van der Waals surface area contributed by atoms with Gasteiger partial charge in [0.05, 0.1) is 13.1 Å². The average molecular weight is 242 g/mol. The third-order valence-electron chi connectivity index (χ3n) is 0.689. The van der Waals surface area contributed by atoms with Crippen LogP contribution in [0.15, 0.2) is 9.98 Å². The lowest BCUT2D eigenvalue weighted by molar-refractivity contribution is 0.381. The maximum absolute atomic E-state index is 8.74. The molecule has 0 aromatic carbocycles. The first-order chi connectivity index (χ1) is 6.63. The van der Waals surface area contributed by atoms with Gasteiger partial charge in [0.25, 0.3) is 0 Å². The zero-order valence-corrected chi connectivity index (χ0v) is 8.55. The van der Waals surface area contributed by atoms with Gasteiger partial charge in [0.15, 0.2) is 11.9 Å². The molecular weight excluding hydrogens is 228 g/mol. The Kier molecular flexibility index (Phi) is 8.23. The van der Waals surface area contributed by atoms with Crippen molar-refractivity contribution in [2.75, 3.05) is 13.1 Å². The summed E-state index contributed by atoms with van der Waals surface area (Å²) in [7, 11) is -4.67. The quantitative estimate of drug-likeness (QED) is 0.129. The van der Waals surface area contributed by atoms with Crippen molar-refractivity contribution in [2.45, 2.75) is 0 Å². The first kappa shape index (κ1) is 15.9. The molecule has 0 fully saturated rings. The van der Waals surface area contributed by atoms with E-state index in [1.165, 1.54) is 0 Å². The van der Waals surface area contributed by atoms with Crippen LogP contribution in [0.2, 0.25) is 0 Å². The minimum Gasteiger partial charge on any atom is -0.370 e. The van der Waals surface area contributed by atoms with Crippen LogP contribution in [0, 0.1) is 0 Å². The molecule has 0 aromatic rings. The predicted octanol–water partition coefficient (Wildman–Crippen LogP) is -3.12. The number of guanidine groups is 2. The van der Waals surface area contributed by atoms with Crippen LogP contribution < -0.4 is 22.9 Å². The molecule has 0 amide bonds. The molecule has 0 spiro atoms. The highest BCUT2D eigenvalue weighted by Crippen LogP contribution is 1.70. The van der Waals surface area contributed by atoms with Gasteiger partial charge in [-0.3, -0.25) is 19.1 Å². The first-order valence-corrected chi connectivity index (χ1v) is 4.83. The molecule has 0 aliphatic heterocycles. The van der Waals surface area contributed by atoms with Crippen molar-refractivity contribution in [3.63, 3.8) is 0 Å². The fourth-order valence-electron chi connectivity index (χ4n) is 0.358. The van der Waals surface area contributed by atoms with Crippen LogP contribution in [0.3, 0.4) is 0 Å². The summed E-state index contributed by atoms with van der Waals surface area (Å²) in [5, 5.41) is 0. The molecule has 90 valence electrons. The van der Waals surface area contributed by atoms with Gasteiger partial charge in [0.1, 0.15) is 0 Å². The molecule has 0 saturated heterocycles. The number of hydrogen-bond donors (Lipinski definition) is 6. The lowest BCUT2D eigenvalue weighted by atomic mass is 10.6. The average Bonchev–Trinajstić information content (AvgIpc) is 1.94. The van der Waals surface area contributed by atoms with E-state index in [9.17, 15) is 0 Å². The summed E-state index contributed by atoms with van der Waals surface area (Å²) >= 11 is 0. The summed E-state index contributed by atoms with van der Waals surface area (Å²) < 4.78 is 31.6. The van der Waals surface area contributed by atoms with Crippen molar-refractivity contribution >= 4 is 22.3 Å². The molecule has 0 aliphatic carbocycles. The Morgan fingerprint density at radius 1 is 0.933 bits per heavy atom. The normalized spacial score (nSPS) is 9.47. The van der Waals surface area contributed by atoms with Gasteiger partial charge in [-0.1, -0.05) is 0 Å². The lowest BCUT2D eigenvalue weighted by Crippen LogP contribution is -2.25. The van der Waals surface area contributed by atoms with E-state index in [-0.39, 0.29) is 11.9 Å². The zero-order chi connectivity index (χ0) is 12.5. The number of nitrogens with zero attached hydrogens (tertiary/aromatic N) is 2. The Morgan fingerprint density at radius 2 is 1.13 bits per heavy atom. The molecule has 0 aliphatic rings. The van der Waals surface area contributed by atoms with Crippen molar-refractivity contribution < 1.29 is 17.5 Å². The largest absolute Gasteiger partial charge is 0.394 e. The summed E-state index contributed by atoms with van der Waals surface area (Å²) in [6, 6.07) is 0. The number of nitrogens with two attached hydrogens (primary N) is 4. The van der Waals surface area contributed by atoms with Crippen molar-refractivity contribution in [1.82, 2.24) is 0 Å². The molecule has 10 nitrogen and oxygen atoms in total. The molecular formula is C4H14N6O4S. The van der Waals surface area contributed by atoms with E-state index < -0.39 is 10.4 Å². The molecule has 0 rings (SSSR count). The second-order valence-electron chi connectivity index (χ2n) is 2.06. The summed E-state index contributed by atoms with van der Waals surface area (Å²) in [4.78, 5) is 7.30. The molecule has 0 radical (unpaired) electrons. The SMILES string of the molecule is NC(N)=NCCN=C(N)N.O=S(=O)(O)O. The smallest absolute Gasteiger partial charge is 0.370 e. The number of aliphatic imine (C=N–C) groups is 2. The van der Waals surface area contributed by atoms with Crippen LogP contribution in [0.4, 0.5) is 0 Å². The Bertz CT molecular complexity index is 288. The molecule has 10 N–H and O–H groups in total. The van der Waals surface area contributed by atoms with E-state index in [1.807, 2.05) is 0 Å². The van der Waals surface area contributed by atoms with Gasteiger partial charge in [0, 0.05) is 0 Å². The topological polar surface area (TPSA) is 203 Å². The predicted molar refractivity (Wildman–Crippen MR) is 55.5 cm³/mol. The van der Waals surface area contributed by atoms with Crippen LogP contribution in [-0.2, 0) is 10.4 Å². The Balaban J connectivity index is 0. The van der Waals surface area contributed by atoms with E-state index in [4.69, 9.17) is 40.5 Å². The van der Waals surface area contributed by atoms with Gasteiger partial charge in [-0.25, -0.2) is 0 Å². The highest BCUT2D eigenvalue weighted by Gasteiger charge is 1.84. The second-order valence-corrected chi connectivity index (χ2v) is 2.96. The molecule has 11 heteroatoms. The summed E-state index contributed by atoms with van der Waals surface area (Å²) in [6.45, 7) is 0.834. The maximum Gasteiger partial charge on any atom is 0.394 e. The van der Waals surface area contributed by atoms with Crippen molar-refractivity contribution in [2.24, 2.45) is 32.9 Å². The van der Waals surface area contributed by atoms with Crippen molar-refractivity contribution in [1.29, 1.82) is 0 Å². The summed E-state index contributed by atoms with van der Waals surface area (Å²) in [6.07, 6.45) is 0. The lowest BCUT2D eigenvalue weighted by Gasteiger charge is -1.91. The second kappa shape index (κ2) is 7.78. The van der Waals surface area contributed by atoms with Crippen molar-refractivity contribution in [3.8, 4) is 0 Å².